The molecule has 1 aliphatic carbocycles. The van der Waals surface area contributed by atoms with Crippen LogP contribution in [-0.2, 0) is 0 Å². The molecule has 4 heteroatoms. The van der Waals surface area contributed by atoms with Crippen molar-refractivity contribution >= 4 is 6.08 Å². The zero-order chi connectivity index (χ0) is 20.1. The maximum atomic E-state index is 14.5. The Bertz CT molecular complexity index is 926. The molecule has 0 heterocycles. The van der Waals surface area contributed by atoms with Crippen molar-refractivity contribution in [3.05, 3.63) is 76.1 Å². The van der Waals surface area contributed by atoms with Crippen molar-refractivity contribution in [2.45, 2.75) is 51.1 Å². The van der Waals surface area contributed by atoms with Crippen molar-refractivity contribution in [1.82, 2.24) is 0 Å². The molecule has 146 valence electrons. The average molecular weight is 386 g/mol. The van der Waals surface area contributed by atoms with Crippen LogP contribution in [0.5, 0.6) is 0 Å². The Hall–Kier alpha value is -2.54. The monoisotopic (exact) mass is 386 g/mol. The molecule has 0 aliphatic heterocycles. The van der Waals surface area contributed by atoms with Gasteiger partial charge in [-0.15, -0.1) is 0 Å². The molecular formula is C24H22F4. The van der Waals surface area contributed by atoms with Crippen LogP contribution in [0.2, 0.25) is 0 Å². The quantitative estimate of drug-likeness (QED) is 0.397. The second-order valence-electron chi connectivity index (χ2n) is 7.08. The normalized spacial score (nSPS) is 19.5. The third kappa shape index (κ3) is 4.65. The molecule has 0 unspecified atom stereocenters. The van der Waals surface area contributed by atoms with E-state index in [1.165, 1.54) is 24.3 Å². The predicted octanol–water partition coefficient (Wildman–Crippen LogP) is 6.92. The van der Waals surface area contributed by atoms with Gasteiger partial charge in [0.05, 0.1) is 11.1 Å². The average Bonchev–Trinajstić information content (AvgIpc) is 2.69. The van der Waals surface area contributed by atoms with Crippen LogP contribution < -0.4 is 0 Å². The Morgan fingerprint density at radius 1 is 0.929 bits per heavy atom. The number of benzene rings is 2. The molecule has 0 saturated heterocycles. The first-order valence-electron chi connectivity index (χ1n) is 9.59. The van der Waals surface area contributed by atoms with Crippen molar-refractivity contribution in [2.75, 3.05) is 0 Å². The Balaban J connectivity index is 1.82. The summed E-state index contributed by atoms with van der Waals surface area (Å²) in [6.45, 7) is 1.98. The van der Waals surface area contributed by atoms with E-state index in [0.717, 1.165) is 12.0 Å². The lowest BCUT2D eigenvalue weighted by Gasteiger charge is -2.25. The van der Waals surface area contributed by atoms with Crippen LogP contribution in [0.15, 0.2) is 36.4 Å². The minimum Gasteiger partial charge on any atom is -0.247 e. The smallest absolute Gasteiger partial charge is 0.174 e. The van der Waals surface area contributed by atoms with Gasteiger partial charge in [-0.1, -0.05) is 43.0 Å². The summed E-state index contributed by atoms with van der Waals surface area (Å²) in [5.41, 5.74) is 0.997. The fourth-order valence-corrected chi connectivity index (χ4v) is 3.46. The van der Waals surface area contributed by atoms with Crippen molar-refractivity contribution in [3.8, 4) is 11.8 Å². The van der Waals surface area contributed by atoms with E-state index in [1.54, 1.807) is 6.07 Å². The maximum Gasteiger partial charge on any atom is 0.174 e. The topological polar surface area (TPSA) is 0 Å². The van der Waals surface area contributed by atoms with E-state index < -0.39 is 23.6 Å². The molecule has 0 aromatic heterocycles. The first-order valence-corrected chi connectivity index (χ1v) is 9.59. The SMILES string of the molecule is CC/C=C/c1ccc(C#Cc2ccc(C3CCC(F)CC3)c(F)c2F)c(F)c1. The van der Waals surface area contributed by atoms with Crippen LogP contribution in [0.3, 0.4) is 0 Å². The molecule has 0 spiro atoms. The lowest BCUT2D eigenvalue weighted by molar-refractivity contribution is 0.233. The van der Waals surface area contributed by atoms with Gasteiger partial charge in [0.1, 0.15) is 12.0 Å². The fraction of sp³-hybridized carbons (Fsp3) is 0.333. The van der Waals surface area contributed by atoms with Gasteiger partial charge in [0.2, 0.25) is 0 Å². The van der Waals surface area contributed by atoms with Crippen LogP contribution in [0.25, 0.3) is 6.08 Å². The van der Waals surface area contributed by atoms with Gasteiger partial charge in [0.25, 0.3) is 0 Å². The molecular weight excluding hydrogens is 364 g/mol. The van der Waals surface area contributed by atoms with Crippen LogP contribution in [0, 0.1) is 29.3 Å². The lowest BCUT2D eigenvalue weighted by atomic mass is 9.82. The number of alkyl halides is 1. The molecule has 0 bridgehead atoms. The molecule has 2 aromatic carbocycles. The van der Waals surface area contributed by atoms with Crippen LogP contribution in [0.1, 0.15) is 67.2 Å². The zero-order valence-electron chi connectivity index (χ0n) is 15.7. The molecule has 0 nitrogen and oxygen atoms in total. The number of halogens is 4. The minimum absolute atomic E-state index is 0.116. The Labute approximate surface area is 163 Å². The van der Waals surface area contributed by atoms with Gasteiger partial charge < -0.3 is 0 Å². The van der Waals surface area contributed by atoms with Crippen molar-refractivity contribution < 1.29 is 17.6 Å². The van der Waals surface area contributed by atoms with Gasteiger partial charge in [0, 0.05) is 0 Å². The molecule has 1 fully saturated rings. The maximum absolute atomic E-state index is 14.5. The Kier molecular flexibility index (Phi) is 6.57. The molecule has 28 heavy (non-hydrogen) atoms. The summed E-state index contributed by atoms with van der Waals surface area (Å²) in [6.07, 6.45) is 5.47. The summed E-state index contributed by atoms with van der Waals surface area (Å²) in [5.74, 6) is 2.46. The molecule has 0 amide bonds. The molecule has 1 aliphatic rings. The third-order valence-electron chi connectivity index (χ3n) is 5.08. The molecule has 0 atom stereocenters. The summed E-state index contributed by atoms with van der Waals surface area (Å²) in [7, 11) is 0. The number of allylic oxidation sites excluding steroid dienone is 1. The fourth-order valence-electron chi connectivity index (χ4n) is 3.46. The standard InChI is InChI=1S/C24H22F4/c1-2-3-4-16-5-6-18(22(26)15-16)7-8-19-11-14-21(24(28)23(19)27)17-9-12-20(25)13-10-17/h3-6,11,14-15,17,20H,2,9-10,12-13H2,1H3/b4-3+. The van der Waals surface area contributed by atoms with Crippen molar-refractivity contribution in [2.24, 2.45) is 0 Å². The second-order valence-corrected chi connectivity index (χ2v) is 7.08. The zero-order valence-corrected chi connectivity index (χ0v) is 15.7. The highest BCUT2D eigenvalue weighted by Crippen LogP contribution is 2.36. The lowest BCUT2D eigenvalue weighted by Crippen LogP contribution is -2.15. The molecule has 1 saturated carbocycles. The molecule has 0 radical (unpaired) electrons. The highest BCUT2D eigenvalue weighted by molar-refractivity contribution is 5.53. The van der Waals surface area contributed by atoms with Gasteiger partial charge in [-0.2, -0.15) is 0 Å². The van der Waals surface area contributed by atoms with E-state index in [4.69, 9.17) is 0 Å². The van der Waals surface area contributed by atoms with Gasteiger partial charge in [-0.05, 0) is 67.3 Å². The largest absolute Gasteiger partial charge is 0.247 e. The van der Waals surface area contributed by atoms with Crippen LogP contribution in [0.4, 0.5) is 17.6 Å². The van der Waals surface area contributed by atoms with Gasteiger partial charge in [-0.3, -0.25) is 0 Å². The van der Waals surface area contributed by atoms with Gasteiger partial charge in [-0.25, -0.2) is 17.6 Å². The third-order valence-corrected chi connectivity index (χ3v) is 5.08. The van der Waals surface area contributed by atoms with Crippen molar-refractivity contribution in [1.29, 1.82) is 0 Å². The summed E-state index contributed by atoms with van der Waals surface area (Å²) in [4.78, 5) is 0. The highest BCUT2D eigenvalue weighted by atomic mass is 19.2. The molecule has 2 aromatic rings. The van der Waals surface area contributed by atoms with Gasteiger partial charge in [0.15, 0.2) is 11.6 Å². The summed E-state index contributed by atoms with van der Waals surface area (Å²) < 4.78 is 56.4. The Morgan fingerprint density at radius 3 is 2.29 bits per heavy atom. The number of hydrogen-bond acceptors (Lipinski definition) is 0. The first-order chi connectivity index (χ1) is 13.5. The van der Waals surface area contributed by atoms with E-state index in [1.807, 2.05) is 19.1 Å². The van der Waals surface area contributed by atoms with E-state index in [-0.39, 0.29) is 22.6 Å². The van der Waals surface area contributed by atoms with Crippen molar-refractivity contribution in [3.63, 3.8) is 0 Å². The number of hydrogen-bond donors (Lipinski definition) is 0. The van der Waals surface area contributed by atoms with E-state index >= 15 is 0 Å². The Morgan fingerprint density at radius 2 is 1.61 bits per heavy atom. The van der Waals surface area contributed by atoms with Crippen LogP contribution >= 0.6 is 0 Å². The van der Waals surface area contributed by atoms with Crippen LogP contribution in [-0.4, -0.2) is 6.17 Å². The first kappa shape index (κ1) is 20.2. The molecule has 3 rings (SSSR count). The van der Waals surface area contributed by atoms with E-state index in [2.05, 4.69) is 11.8 Å². The number of rotatable bonds is 3. The summed E-state index contributed by atoms with van der Waals surface area (Å²) in [6, 6.07) is 7.53. The van der Waals surface area contributed by atoms with Gasteiger partial charge >= 0.3 is 0 Å². The predicted molar refractivity (Wildman–Crippen MR) is 104 cm³/mol. The highest BCUT2D eigenvalue weighted by Gasteiger charge is 2.25. The minimum atomic E-state index is -1.03. The summed E-state index contributed by atoms with van der Waals surface area (Å²) in [5, 5.41) is 0. The van der Waals surface area contributed by atoms with E-state index in [0.29, 0.717) is 25.7 Å². The summed E-state index contributed by atoms with van der Waals surface area (Å²) >= 11 is 0. The molecule has 0 N–H and O–H groups in total. The van der Waals surface area contributed by atoms with E-state index in [9.17, 15) is 17.6 Å². The second kappa shape index (κ2) is 9.10.